The molecule has 2 aromatic carbocycles. The number of urea groups is 1. The van der Waals surface area contributed by atoms with Crippen LogP contribution in [-0.2, 0) is 17.8 Å². The Hall–Kier alpha value is -2.86. The molecule has 4 rings (SSSR count). The first-order valence-corrected chi connectivity index (χ1v) is 11.8. The highest BCUT2D eigenvalue weighted by Gasteiger charge is 2.28. The van der Waals surface area contributed by atoms with Crippen LogP contribution < -0.4 is 10.6 Å². The molecule has 2 aliphatic heterocycles. The summed E-state index contributed by atoms with van der Waals surface area (Å²) in [6.45, 7) is 6.07. The number of hydrogen-bond acceptors (Lipinski definition) is 3. The molecule has 0 aliphatic carbocycles. The van der Waals surface area contributed by atoms with E-state index < -0.39 is 0 Å². The first kappa shape index (κ1) is 22.3. The summed E-state index contributed by atoms with van der Waals surface area (Å²) in [6, 6.07) is 18.5. The van der Waals surface area contributed by atoms with Crippen molar-refractivity contribution in [3.63, 3.8) is 0 Å². The molecule has 170 valence electrons. The Bertz CT molecular complexity index is 909. The van der Waals surface area contributed by atoms with E-state index in [-0.39, 0.29) is 17.9 Å². The molecule has 0 bridgehead atoms. The Labute approximate surface area is 191 Å². The van der Waals surface area contributed by atoms with Gasteiger partial charge in [0.15, 0.2) is 0 Å². The molecule has 0 spiro atoms. The molecule has 32 heavy (non-hydrogen) atoms. The Morgan fingerprint density at radius 1 is 0.969 bits per heavy atom. The average Bonchev–Trinajstić information content (AvgIpc) is 2.85. The second-order valence-corrected chi connectivity index (χ2v) is 8.85. The maximum Gasteiger partial charge on any atom is 0.317 e. The molecule has 0 radical (unpaired) electrons. The minimum absolute atomic E-state index is 0.0113. The summed E-state index contributed by atoms with van der Waals surface area (Å²) in [7, 11) is 0. The van der Waals surface area contributed by atoms with Gasteiger partial charge in [0.2, 0.25) is 5.91 Å². The van der Waals surface area contributed by atoms with E-state index in [1.807, 2.05) is 35.2 Å². The maximum atomic E-state index is 12.8. The Morgan fingerprint density at radius 2 is 1.66 bits per heavy atom. The number of nitrogens with zero attached hydrogens (tertiary/aromatic N) is 2. The third-order valence-electron chi connectivity index (χ3n) is 6.83. The predicted molar refractivity (Wildman–Crippen MR) is 127 cm³/mol. The van der Waals surface area contributed by atoms with Crippen molar-refractivity contribution in [3.8, 4) is 0 Å². The van der Waals surface area contributed by atoms with Crippen LogP contribution in [0.3, 0.4) is 0 Å². The summed E-state index contributed by atoms with van der Waals surface area (Å²) in [4.78, 5) is 29.6. The molecule has 1 saturated heterocycles. The molecule has 1 atom stereocenters. The van der Waals surface area contributed by atoms with Crippen LogP contribution >= 0.6 is 0 Å². The smallest absolute Gasteiger partial charge is 0.317 e. The van der Waals surface area contributed by atoms with Crippen molar-refractivity contribution >= 4 is 17.6 Å². The summed E-state index contributed by atoms with van der Waals surface area (Å²) in [5, 5.41) is 6.14. The van der Waals surface area contributed by atoms with Crippen LogP contribution in [0.2, 0.25) is 0 Å². The topological polar surface area (TPSA) is 64.7 Å². The third-order valence-corrected chi connectivity index (χ3v) is 6.83. The number of carbonyl (C=O) groups is 2. The van der Waals surface area contributed by atoms with E-state index in [0.717, 1.165) is 31.6 Å². The van der Waals surface area contributed by atoms with Gasteiger partial charge in [0, 0.05) is 50.4 Å². The number of anilines is 1. The first-order chi connectivity index (χ1) is 15.6. The normalized spacial score (nSPS) is 18.0. The first-order valence-electron chi connectivity index (χ1n) is 11.8. The molecule has 1 fully saturated rings. The minimum atomic E-state index is -0.0453. The highest BCUT2D eigenvalue weighted by molar-refractivity contribution is 5.92. The van der Waals surface area contributed by atoms with Gasteiger partial charge in [-0.1, -0.05) is 49.4 Å². The van der Waals surface area contributed by atoms with Crippen molar-refractivity contribution in [2.75, 3.05) is 31.5 Å². The van der Waals surface area contributed by atoms with Crippen LogP contribution in [0.1, 0.15) is 37.3 Å². The van der Waals surface area contributed by atoms with E-state index in [4.69, 9.17) is 0 Å². The number of piperidine rings is 1. The number of benzene rings is 2. The van der Waals surface area contributed by atoms with Crippen molar-refractivity contribution in [2.24, 2.45) is 5.92 Å². The predicted octanol–water partition coefficient (Wildman–Crippen LogP) is 3.88. The van der Waals surface area contributed by atoms with E-state index in [1.54, 1.807) is 0 Å². The fourth-order valence-electron chi connectivity index (χ4n) is 4.79. The molecule has 0 aromatic heterocycles. The Morgan fingerprint density at radius 3 is 2.38 bits per heavy atom. The van der Waals surface area contributed by atoms with Gasteiger partial charge in [-0.05, 0) is 48.9 Å². The van der Waals surface area contributed by atoms with E-state index >= 15 is 0 Å². The van der Waals surface area contributed by atoms with E-state index in [0.29, 0.717) is 38.5 Å². The van der Waals surface area contributed by atoms with E-state index in [2.05, 4.69) is 46.7 Å². The van der Waals surface area contributed by atoms with Crippen LogP contribution in [0.5, 0.6) is 0 Å². The van der Waals surface area contributed by atoms with Gasteiger partial charge in [0.25, 0.3) is 0 Å². The lowest BCUT2D eigenvalue weighted by Crippen LogP contribution is -2.50. The fraction of sp³-hybridized carbons (Fsp3) is 0.462. The van der Waals surface area contributed by atoms with Crippen molar-refractivity contribution in [1.29, 1.82) is 0 Å². The monoisotopic (exact) mass is 434 g/mol. The van der Waals surface area contributed by atoms with Gasteiger partial charge in [-0.2, -0.15) is 0 Å². The second-order valence-electron chi connectivity index (χ2n) is 8.85. The number of carbonyl (C=O) groups excluding carboxylic acids is 2. The SMILES string of the molecule is CCC(CNC(=O)N1CCC(C(=O)Nc2ccccc2)CC1)N1CCc2ccccc2C1. The highest BCUT2D eigenvalue weighted by atomic mass is 16.2. The lowest BCUT2D eigenvalue weighted by molar-refractivity contribution is -0.121. The third kappa shape index (κ3) is 5.49. The van der Waals surface area contributed by atoms with Crippen LogP contribution in [0.25, 0.3) is 0 Å². The molecular weight excluding hydrogens is 400 g/mol. The van der Waals surface area contributed by atoms with Gasteiger partial charge in [0.05, 0.1) is 0 Å². The molecule has 0 saturated carbocycles. The standard InChI is InChI=1S/C26H34N4O2/c1-2-24(30-17-12-20-8-6-7-9-22(20)19-30)18-27-26(32)29-15-13-21(14-16-29)25(31)28-23-10-4-3-5-11-23/h3-11,21,24H,2,12-19H2,1H3,(H,27,32)(H,28,31). The van der Waals surface area contributed by atoms with Gasteiger partial charge in [-0.15, -0.1) is 0 Å². The molecule has 2 aromatic rings. The quantitative estimate of drug-likeness (QED) is 0.725. The molecule has 2 N–H and O–H groups in total. The number of para-hydroxylation sites is 1. The number of rotatable bonds is 6. The van der Waals surface area contributed by atoms with Crippen molar-refractivity contribution < 1.29 is 9.59 Å². The lowest BCUT2D eigenvalue weighted by Gasteiger charge is -2.36. The van der Waals surface area contributed by atoms with E-state index in [1.165, 1.54) is 11.1 Å². The van der Waals surface area contributed by atoms with E-state index in [9.17, 15) is 9.59 Å². The van der Waals surface area contributed by atoms with Gasteiger partial charge < -0.3 is 15.5 Å². The van der Waals surface area contributed by atoms with Crippen LogP contribution in [-0.4, -0.2) is 54.0 Å². The zero-order valence-electron chi connectivity index (χ0n) is 18.9. The maximum absolute atomic E-state index is 12.8. The zero-order valence-corrected chi connectivity index (χ0v) is 18.9. The Balaban J connectivity index is 1.22. The molecule has 3 amide bonds. The second kappa shape index (κ2) is 10.6. The molecule has 6 heteroatoms. The van der Waals surface area contributed by atoms with Crippen LogP contribution in [0, 0.1) is 5.92 Å². The van der Waals surface area contributed by atoms with Crippen LogP contribution in [0.4, 0.5) is 10.5 Å². The van der Waals surface area contributed by atoms with Gasteiger partial charge in [0.1, 0.15) is 0 Å². The summed E-state index contributed by atoms with van der Waals surface area (Å²) < 4.78 is 0. The Kier molecular flexibility index (Phi) is 7.43. The number of likely N-dealkylation sites (tertiary alicyclic amines) is 1. The lowest BCUT2D eigenvalue weighted by atomic mass is 9.96. The number of hydrogen-bond donors (Lipinski definition) is 2. The minimum Gasteiger partial charge on any atom is -0.336 e. The van der Waals surface area contributed by atoms with Crippen molar-refractivity contribution in [3.05, 3.63) is 65.7 Å². The molecule has 6 nitrogen and oxygen atoms in total. The van der Waals surface area contributed by atoms with Gasteiger partial charge >= 0.3 is 6.03 Å². The zero-order chi connectivity index (χ0) is 22.3. The van der Waals surface area contributed by atoms with Crippen LogP contribution in [0.15, 0.2) is 54.6 Å². The molecule has 2 aliphatic rings. The number of amides is 3. The fourth-order valence-corrected chi connectivity index (χ4v) is 4.79. The number of nitrogens with one attached hydrogen (secondary N) is 2. The summed E-state index contributed by atoms with van der Waals surface area (Å²) in [5.41, 5.74) is 3.67. The summed E-state index contributed by atoms with van der Waals surface area (Å²) >= 11 is 0. The summed E-state index contributed by atoms with van der Waals surface area (Å²) in [5.74, 6) is 0.00347. The molecular formula is C26H34N4O2. The van der Waals surface area contributed by atoms with Gasteiger partial charge in [-0.3, -0.25) is 9.69 Å². The van der Waals surface area contributed by atoms with Gasteiger partial charge in [-0.25, -0.2) is 4.79 Å². The number of fused-ring (bicyclic) bond motifs is 1. The molecule has 2 heterocycles. The van der Waals surface area contributed by atoms with Crippen molar-refractivity contribution in [2.45, 2.75) is 45.2 Å². The highest BCUT2D eigenvalue weighted by Crippen LogP contribution is 2.22. The largest absolute Gasteiger partial charge is 0.336 e. The summed E-state index contributed by atoms with van der Waals surface area (Å²) in [6.07, 6.45) is 3.47. The average molecular weight is 435 g/mol. The molecule has 1 unspecified atom stereocenters. The van der Waals surface area contributed by atoms with Crippen molar-refractivity contribution in [1.82, 2.24) is 15.1 Å².